The summed E-state index contributed by atoms with van der Waals surface area (Å²) in [6.45, 7) is 0.274. The standard InChI is InChI=1S/C16H24N6O8S3.2Na/c1-31(23,24)18-9-4-2-3-8-14-20-15(17-11-32(25,26)27)22-16(21-14)19-12-6-5-7-13(10-12)33(28,29)30;;/h5-7,10,18H,2-4,8-9,11H2,1H3,(H,25,26,27)(H,28,29,30)(H2,17,19,20,21,22);;/q;2*+1/p-2. The number of benzene rings is 1. The van der Waals surface area contributed by atoms with Crippen molar-refractivity contribution in [2.45, 2.75) is 30.6 Å². The summed E-state index contributed by atoms with van der Waals surface area (Å²) in [7, 11) is -12.6. The third-order valence-electron chi connectivity index (χ3n) is 3.91. The molecule has 14 nitrogen and oxygen atoms in total. The summed E-state index contributed by atoms with van der Waals surface area (Å²) in [5.41, 5.74) is 0.179. The molecule has 1 aromatic heterocycles. The van der Waals surface area contributed by atoms with Gasteiger partial charge in [0.05, 0.1) is 11.2 Å². The van der Waals surface area contributed by atoms with E-state index in [0.717, 1.165) is 18.4 Å². The van der Waals surface area contributed by atoms with Crippen LogP contribution < -0.4 is 74.5 Å². The zero-order valence-corrected chi connectivity index (χ0v) is 25.8. The van der Waals surface area contributed by atoms with E-state index < -0.39 is 41.0 Å². The fraction of sp³-hybridized carbons (Fsp3) is 0.438. The maximum absolute atomic E-state index is 11.2. The van der Waals surface area contributed by atoms with Crippen LogP contribution in [0.5, 0.6) is 0 Å². The SMILES string of the molecule is CS(=O)(=O)NCCCCCc1nc(NCS(=O)(=O)[O-])nc(Nc2cccc(S(=O)(=O)[O-])c2)n1.[Na+].[Na+]. The van der Waals surface area contributed by atoms with E-state index in [2.05, 4.69) is 30.3 Å². The minimum absolute atomic E-state index is 0. The number of unbranched alkanes of at least 4 members (excludes halogenated alkanes) is 2. The number of hydrogen-bond acceptors (Lipinski definition) is 13. The number of hydrogen-bond donors (Lipinski definition) is 3. The van der Waals surface area contributed by atoms with E-state index in [1.165, 1.54) is 12.1 Å². The van der Waals surface area contributed by atoms with Crippen molar-refractivity contribution < 1.29 is 93.5 Å². The number of nitrogens with one attached hydrogen (secondary N) is 3. The maximum atomic E-state index is 11.2. The summed E-state index contributed by atoms with van der Waals surface area (Å²) in [4.78, 5) is 11.7. The number of rotatable bonds is 13. The van der Waals surface area contributed by atoms with Crippen molar-refractivity contribution in [3.63, 3.8) is 0 Å². The predicted molar refractivity (Wildman–Crippen MR) is 116 cm³/mol. The number of anilines is 3. The van der Waals surface area contributed by atoms with Crippen molar-refractivity contribution in [1.82, 2.24) is 19.7 Å². The average Bonchev–Trinajstić information content (AvgIpc) is 2.67. The molecule has 0 saturated heterocycles. The number of sulfonamides is 1. The van der Waals surface area contributed by atoms with Gasteiger partial charge in [0.15, 0.2) is 0 Å². The Bertz CT molecular complexity index is 1290. The van der Waals surface area contributed by atoms with Gasteiger partial charge in [-0.2, -0.15) is 15.0 Å². The average molecular weight is 569 g/mol. The van der Waals surface area contributed by atoms with E-state index in [9.17, 15) is 34.4 Å². The van der Waals surface area contributed by atoms with Gasteiger partial charge in [0.1, 0.15) is 31.9 Å². The first-order valence-electron chi connectivity index (χ1n) is 9.41. The van der Waals surface area contributed by atoms with Gasteiger partial charge < -0.3 is 19.7 Å². The number of aryl methyl sites for hydroxylation is 1. The molecule has 184 valence electrons. The van der Waals surface area contributed by atoms with Gasteiger partial charge in [-0.1, -0.05) is 12.5 Å². The molecule has 35 heavy (non-hydrogen) atoms. The van der Waals surface area contributed by atoms with Gasteiger partial charge in [-0.25, -0.2) is 30.0 Å². The van der Waals surface area contributed by atoms with Crippen molar-refractivity contribution in [3.05, 3.63) is 30.1 Å². The first-order chi connectivity index (χ1) is 15.2. The van der Waals surface area contributed by atoms with Crippen LogP contribution in [0.15, 0.2) is 29.2 Å². The molecule has 2 aromatic rings. The van der Waals surface area contributed by atoms with Crippen molar-refractivity contribution in [2.24, 2.45) is 0 Å². The predicted octanol–water partition coefficient (Wildman–Crippen LogP) is -6.30. The maximum Gasteiger partial charge on any atom is 1.00 e. The summed E-state index contributed by atoms with van der Waals surface area (Å²) < 4.78 is 90.8. The molecule has 2 rings (SSSR count). The second kappa shape index (κ2) is 15.1. The summed E-state index contributed by atoms with van der Waals surface area (Å²) in [6.07, 6.45) is 3.16. The molecule has 19 heteroatoms. The topological polar surface area (TPSA) is 223 Å². The number of nitrogens with zero attached hydrogens (tertiary/aromatic N) is 3. The Morgan fingerprint density at radius 2 is 1.54 bits per heavy atom. The first kappa shape index (κ1) is 34.6. The molecule has 0 fully saturated rings. The van der Waals surface area contributed by atoms with Crippen LogP contribution in [0.3, 0.4) is 0 Å². The Hall–Kier alpha value is -0.440. The van der Waals surface area contributed by atoms with Crippen LogP contribution >= 0.6 is 0 Å². The third-order valence-corrected chi connectivity index (χ3v) is 5.97. The second-order valence-electron chi connectivity index (χ2n) is 6.86. The van der Waals surface area contributed by atoms with Gasteiger partial charge in [-0.05, 0) is 31.0 Å². The summed E-state index contributed by atoms with van der Waals surface area (Å²) >= 11 is 0. The molecule has 0 atom stereocenters. The van der Waals surface area contributed by atoms with Crippen LogP contribution in [0.2, 0.25) is 0 Å². The summed E-state index contributed by atoms with van der Waals surface area (Å²) in [5, 5.41) is 5.00. The Kier molecular flexibility index (Phi) is 14.9. The van der Waals surface area contributed by atoms with E-state index in [1.807, 2.05) is 0 Å². The Labute approximate surface area is 248 Å². The normalized spacial score (nSPS) is 11.7. The molecule has 0 spiro atoms. The monoisotopic (exact) mass is 568 g/mol. The van der Waals surface area contributed by atoms with Crippen LogP contribution in [0.1, 0.15) is 25.1 Å². The molecular weight excluding hydrogens is 546 g/mol. The smallest absolute Gasteiger partial charge is 0.747 e. The van der Waals surface area contributed by atoms with E-state index in [0.29, 0.717) is 25.7 Å². The first-order valence-corrected chi connectivity index (χ1v) is 14.3. The third kappa shape index (κ3) is 14.8. The van der Waals surface area contributed by atoms with Gasteiger partial charge in [0.25, 0.3) is 0 Å². The fourth-order valence-corrected chi connectivity index (χ4v) is 3.86. The van der Waals surface area contributed by atoms with E-state index in [4.69, 9.17) is 0 Å². The van der Waals surface area contributed by atoms with E-state index in [-0.39, 0.29) is 89.1 Å². The quantitative estimate of drug-likeness (QED) is 0.116. The van der Waals surface area contributed by atoms with Crippen LogP contribution in [0, 0.1) is 0 Å². The van der Waals surface area contributed by atoms with Gasteiger partial charge in [-0.15, -0.1) is 0 Å². The van der Waals surface area contributed by atoms with Crippen molar-refractivity contribution in [2.75, 3.05) is 29.3 Å². The molecule has 0 saturated carbocycles. The van der Waals surface area contributed by atoms with Crippen LogP contribution in [-0.4, -0.2) is 68.0 Å². The minimum atomic E-state index is -4.69. The molecule has 0 unspecified atom stereocenters. The van der Waals surface area contributed by atoms with Gasteiger partial charge in [0.2, 0.25) is 21.9 Å². The summed E-state index contributed by atoms with van der Waals surface area (Å²) in [5.74, 6) is -1.00. The second-order valence-corrected chi connectivity index (χ2v) is 11.5. The molecule has 3 N–H and O–H groups in total. The van der Waals surface area contributed by atoms with E-state index >= 15 is 0 Å². The molecule has 0 aliphatic rings. The van der Waals surface area contributed by atoms with Crippen LogP contribution in [0.25, 0.3) is 0 Å². The van der Waals surface area contributed by atoms with Crippen LogP contribution in [0.4, 0.5) is 17.6 Å². The Morgan fingerprint density at radius 3 is 2.14 bits per heavy atom. The zero-order chi connectivity index (χ0) is 24.7. The molecular formula is C16H22N6Na2O8S3. The van der Waals surface area contributed by atoms with Gasteiger partial charge in [0, 0.05) is 18.7 Å². The van der Waals surface area contributed by atoms with Gasteiger partial charge >= 0.3 is 59.1 Å². The summed E-state index contributed by atoms with van der Waals surface area (Å²) in [6, 6.07) is 5.00. The van der Waals surface area contributed by atoms with E-state index in [1.54, 1.807) is 0 Å². The number of aromatic nitrogens is 3. The molecule has 0 aliphatic heterocycles. The molecule has 1 heterocycles. The Morgan fingerprint density at radius 1 is 0.886 bits per heavy atom. The molecule has 0 bridgehead atoms. The Balaban J connectivity index is 0.00000578. The molecule has 0 amide bonds. The zero-order valence-electron chi connectivity index (χ0n) is 19.4. The van der Waals surface area contributed by atoms with Crippen molar-refractivity contribution in [1.29, 1.82) is 0 Å². The fourth-order valence-electron chi connectivity index (χ4n) is 2.52. The largest absolute Gasteiger partial charge is 1.00 e. The van der Waals surface area contributed by atoms with Crippen LogP contribution in [-0.2, 0) is 36.7 Å². The molecule has 0 radical (unpaired) electrons. The van der Waals surface area contributed by atoms with Crippen molar-refractivity contribution in [3.8, 4) is 0 Å². The molecule has 1 aromatic carbocycles. The van der Waals surface area contributed by atoms with Gasteiger partial charge in [-0.3, -0.25) is 0 Å². The minimum Gasteiger partial charge on any atom is -0.747 e. The van der Waals surface area contributed by atoms with Crippen molar-refractivity contribution >= 4 is 47.8 Å². The molecule has 0 aliphatic carbocycles.